The van der Waals surface area contributed by atoms with E-state index >= 15 is 0 Å². The lowest BCUT2D eigenvalue weighted by Gasteiger charge is -2.09. The van der Waals surface area contributed by atoms with Crippen LogP contribution < -0.4 is 0 Å². The molecule has 0 fully saturated rings. The van der Waals surface area contributed by atoms with Crippen LogP contribution >= 0.6 is 27.5 Å². The number of halogens is 5. The molecule has 0 unspecified atom stereocenters. The lowest BCUT2D eigenvalue weighted by Crippen LogP contribution is -2.04. The smallest absolute Gasteiger partial charge is 0.166 e. The summed E-state index contributed by atoms with van der Waals surface area (Å²) in [7, 11) is 0. The van der Waals surface area contributed by atoms with Gasteiger partial charge in [0.2, 0.25) is 0 Å². The van der Waals surface area contributed by atoms with Crippen LogP contribution in [0.1, 0.15) is 5.56 Å². The number of azide groups is 1. The van der Waals surface area contributed by atoms with Crippen LogP contribution in [0.25, 0.3) is 10.4 Å². The van der Waals surface area contributed by atoms with E-state index in [1.807, 2.05) is 0 Å². The highest BCUT2D eigenvalue weighted by Gasteiger charge is 2.31. The second-order valence-corrected chi connectivity index (χ2v) is 3.74. The summed E-state index contributed by atoms with van der Waals surface area (Å²) in [5, 5.41) is 2.91. The first-order chi connectivity index (χ1) is 6.86. The number of hydrogen-bond acceptors (Lipinski definition) is 1. The zero-order valence-electron chi connectivity index (χ0n) is 6.89. The molecule has 8 heteroatoms. The summed E-state index contributed by atoms with van der Waals surface area (Å²) in [5.41, 5.74) is 7.19. The van der Waals surface area contributed by atoms with E-state index in [1.165, 1.54) is 0 Å². The van der Waals surface area contributed by atoms with Crippen LogP contribution in [0.4, 0.5) is 18.9 Å². The lowest BCUT2D eigenvalue weighted by molar-refractivity contribution is -0.137. The Morgan fingerprint density at radius 1 is 1.40 bits per heavy atom. The Kier molecular flexibility index (Phi) is 3.49. The lowest BCUT2D eigenvalue weighted by atomic mass is 10.2. The van der Waals surface area contributed by atoms with Crippen molar-refractivity contribution >= 4 is 33.2 Å². The Morgan fingerprint density at radius 3 is 2.40 bits per heavy atom. The Bertz CT molecular complexity index is 417. The molecule has 0 bridgehead atoms. The maximum Gasteiger partial charge on any atom is 0.416 e. The average molecular weight is 300 g/mol. The van der Waals surface area contributed by atoms with E-state index in [9.17, 15) is 13.2 Å². The normalized spacial score (nSPS) is 11.0. The summed E-state index contributed by atoms with van der Waals surface area (Å²) < 4.78 is 36.8. The van der Waals surface area contributed by atoms with Crippen molar-refractivity contribution < 1.29 is 13.2 Å². The van der Waals surface area contributed by atoms with Crippen LogP contribution in [0.2, 0.25) is 5.02 Å². The summed E-state index contributed by atoms with van der Waals surface area (Å²) >= 11 is 8.37. The van der Waals surface area contributed by atoms with E-state index in [0.29, 0.717) is 6.07 Å². The molecule has 0 N–H and O–H groups in total. The SMILES string of the molecule is [N-]=[N+]=Nc1c(Cl)cc(C(F)(F)F)cc1Br. The first-order valence-electron chi connectivity index (χ1n) is 3.47. The third-order valence-electron chi connectivity index (χ3n) is 1.49. The molecule has 15 heavy (non-hydrogen) atoms. The van der Waals surface area contributed by atoms with Gasteiger partial charge in [0.25, 0.3) is 0 Å². The van der Waals surface area contributed by atoms with Crippen LogP contribution in [0.3, 0.4) is 0 Å². The molecule has 0 aromatic heterocycles. The van der Waals surface area contributed by atoms with Gasteiger partial charge in [0.15, 0.2) is 0 Å². The van der Waals surface area contributed by atoms with Gasteiger partial charge < -0.3 is 0 Å². The van der Waals surface area contributed by atoms with E-state index < -0.39 is 11.7 Å². The van der Waals surface area contributed by atoms with E-state index in [0.717, 1.165) is 6.07 Å². The average Bonchev–Trinajstić information content (AvgIpc) is 2.09. The van der Waals surface area contributed by atoms with Crippen molar-refractivity contribution in [2.45, 2.75) is 6.18 Å². The van der Waals surface area contributed by atoms with Crippen LogP contribution in [0.5, 0.6) is 0 Å². The van der Waals surface area contributed by atoms with Gasteiger partial charge in [-0.3, -0.25) is 0 Å². The first-order valence-corrected chi connectivity index (χ1v) is 4.64. The van der Waals surface area contributed by atoms with E-state index in [1.54, 1.807) is 0 Å². The molecule has 0 aliphatic rings. The molecule has 1 aromatic rings. The van der Waals surface area contributed by atoms with Crippen LogP contribution in [0.15, 0.2) is 21.7 Å². The quantitative estimate of drug-likeness (QED) is 0.395. The zero-order valence-corrected chi connectivity index (χ0v) is 9.23. The van der Waals surface area contributed by atoms with Crippen molar-refractivity contribution in [3.05, 3.63) is 37.6 Å². The van der Waals surface area contributed by atoms with Crippen LogP contribution in [0, 0.1) is 0 Å². The van der Waals surface area contributed by atoms with Crippen molar-refractivity contribution in [2.75, 3.05) is 0 Å². The molecule has 3 nitrogen and oxygen atoms in total. The molecule has 0 aliphatic heterocycles. The number of nitrogens with zero attached hydrogens (tertiary/aromatic N) is 3. The summed E-state index contributed by atoms with van der Waals surface area (Å²) in [6.07, 6.45) is -4.49. The van der Waals surface area contributed by atoms with Gasteiger partial charge in [-0.2, -0.15) is 13.2 Å². The number of alkyl halides is 3. The molecule has 0 spiro atoms. The van der Waals surface area contributed by atoms with E-state index in [-0.39, 0.29) is 15.2 Å². The summed E-state index contributed by atoms with van der Waals surface area (Å²) in [4.78, 5) is 2.45. The first kappa shape index (κ1) is 12.2. The molecular weight excluding hydrogens is 298 g/mol. The van der Waals surface area contributed by atoms with Gasteiger partial charge in [0.1, 0.15) is 0 Å². The topological polar surface area (TPSA) is 48.8 Å². The van der Waals surface area contributed by atoms with Crippen LogP contribution in [-0.4, -0.2) is 0 Å². The maximum atomic E-state index is 12.3. The van der Waals surface area contributed by atoms with Gasteiger partial charge in [-0.15, -0.1) is 0 Å². The zero-order chi connectivity index (χ0) is 11.6. The molecule has 0 radical (unpaired) electrons. The fourth-order valence-corrected chi connectivity index (χ4v) is 1.78. The Morgan fingerprint density at radius 2 is 2.00 bits per heavy atom. The van der Waals surface area contributed by atoms with Gasteiger partial charge >= 0.3 is 6.18 Å². The van der Waals surface area contributed by atoms with Crippen molar-refractivity contribution in [1.29, 1.82) is 0 Å². The molecule has 0 heterocycles. The van der Waals surface area contributed by atoms with Crippen LogP contribution in [-0.2, 0) is 6.18 Å². The largest absolute Gasteiger partial charge is 0.416 e. The molecule has 0 saturated carbocycles. The molecule has 80 valence electrons. The second kappa shape index (κ2) is 4.30. The van der Waals surface area contributed by atoms with Gasteiger partial charge in [0, 0.05) is 9.38 Å². The third-order valence-corrected chi connectivity index (χ3v) is 2.38. The second-order valence-electron chi connectivity index (χ2n) is 2.48. The Labute approximate surface area is 95.6 Å². The van der Waals surface area contributed by atoms with E-state index in [4.69, 9.17) is 17.1 Å². The predicted molar refractivity (Wildman–Crippen MR) is 53.0 cm³/mol. The number of rotatable bonds is 1. The van der Waals surface area contributed by atoms with Gasteiger partial charge in [-0.05, 0) is 17.7 Å². The third kappa shape index (κ3) is 2.77. The van der Waals surface area contributed by atoms with Crippen molar-refractivity contribution in [3.8, 4) is 0 Å². The van der Waals surface area contributed by atoms with Crippen molar-refractivity contribution in [1.82, 2.24) is 0 Å². The molecule has 1 rings (SSSR count). The highest BCUT2D eigenvalue weighted by atomic mass is 79.9. The standard InChI is InChI=1S/C7H2BrClF3N3/c8-4-1-3(7(10,11)12)2-5(9)6(4)14-15-13/h1-2H. The van der Waals surface area contributed by atoms with Gasteiger partial charge in [-0.25, -0.2) is 0 Å². The molecule has 0 amide bonds. The molecular formula is C7H2BrClF3N3. The van der Waals surface area contributed by atoms with Crippen molar-refractivity contribution in [2.24, 2.45) is 5.11 Å². The summed E-state index contributed by atoms with van der Waals surface area (Å²) in [5.74, 6) is 0. The fourth-order valence-electron chi connectivity index (χ4n) is 0.869. The summed E-state index contributed by atoms with van der Waals surface area (Å²) in [6, 6.07) is 1.51. The highest BCUT2D eigenvalue weighted by Crippen LogP contribution is 2.39. The fraction of sp³-hybridized carbons (Fsp3) is 0.143. The number of benzene rings is 1. The van der Waals surface area contributed by atoms with E-state index in [2.05, 4.69) is 26.0 Å². The summed E-state index contributed by atoms with van der Waals surface area (Å²) in [6.45, 7) is 0. The van der Waals surface area contributed by atoms with Gasteiger partial charge in [-0.1, -0.05) is 32.6 Å². The Balaban J connectivity index is 3.38. The minimum atomic E-state index is -4.49. The molecule has 0 saturated heterocycles. The highest BCUT2D eigenvalue weighted by molar-refractivity contribution is 9.10. The molecule has 0 atom stereocenters. The van der Waals surface area contributed by atoms with Gasteiger partial charge in [0.05, 0.1) is 16.3 Å². The molecule has 1 aromatic carbocycles. The number of hydrogen-bond donors (Lipinski definition) is 0. The molecule has 0 aliphatic carbocycles. The maximum absolute atomic E-state index is 12.3. The Hall–Kier alpha value is -0.910. The predicted octanol–water partition coefficient (Wildman–Crippen LogP) is 5.06. The van der Waals surface area contributed by atoms with Crippen molar-refractivity contribution in [3.63, 3.8) is 0 Å². The minimum Gasteiger partial charge on any atom is -0.166 e. The monoisotopic (exact) mass is 299 g/mol. The minimum absolute atomic E-state index is 0.000116.